The number of amides is 2. The molecule has 1 fully saturated rings. The fraction of sp³-hybridized carbons (Fsp3) is 0.333. The molecule has 0 aromatic heterocycles. The predicted octanol–water partition coefficient (Wildman–Crippen LogP) is 2.70. The van der Waals surface area contributed by atoms with Crippen LogP contribution in [0.4, 0.5) is 5.69 Å². The fourth-order valence-electron chi connectivity index (χ4n) is 2.86. The van der Waals surface area contributed by atoms with E-state index in [1.165, 1.54) is 20.2 Å². The molecule has 29 heavy (non-hydrogen) atoms. The molecule has 2 aromatic carbocycles. The highest BCUT2D eigenvalue weighted by atomic mass is 32.2. The Labute approximate surface area is 171 Å². The Hall–Kier alpha value is -2.71. The second-order valence-electron chi connectivity index (χ2n) is 7.49. The smallest absolute Gasteiger partial charge is 0.255 e. The lowest BCUT2D eigenvalue weighted by atomic mass is 10.1. The lowest BCUT2D eigenvalue weighted by Crippen LogP contribution is -2.25. The number of hydrogen-bond donors (Lipinski definition) is 2. The van der Waals surface area contributed by atoms with E-state index in [9.17, 15) is 18.0 Å². The number of carbonyl (C=O) groups excluding carboxylic acids is 2. The van der Waals surface area contributed by atoms with E-state index >= 15 is 0 Å². The van der Waals surface area contributed by atoms with Gasteiger partial charge in [0.1, 0.15) is 0 Å². The topological polar surface area (TPSA) is 95.6 Å². The molecule has 2 amide bonds. The summed E-state index contributed by atoms with van der Waals surface area (Å²) in [4.78, 5) is 25.1. The number of anilines is 1. The SMILES string of the molecule is Cc1cc(C(=O)Nc2cccc(C(=O)NC3CC3)c2)cc(S(=O)(=O)N(C)C)c1C. The van der Waals surface area contributed by atoms with E-state index in [4.69, 9.17) is 0 Å². The number of carbonyl (C=O) groups is 2. The first-order chi connectivity index (χ1) is 13.6. The van der Waals surface area contributed by atoms with Crippen LogP contribution in [0.15, 0.2) is 41.3 Å². The normalized spacial score (nSPS) is 14.0. The molecule has 0 atom stereocenters. The van der Waals surface area contributed by atoms with E-state index in [2.05, 4.69) is 10.6 Å². The van der Waals surface area contributed by atoms with Crippen molar-refractivity contribution in [3.63, 3.8) is 0 Å². The largest absolute Gasteiger partial charge is 0.349 e. The molecule has 1 aliphatic rings. The van der Waals surface area contributed by atoms with E-state index in [0.717, 1.165) is 17.1 Å². The standard InChI is InChI=1S/C21H25N3O4S/c1-13-10-16(12-19(14(13)2)29(27,28)24(3)4)21(26)23-18-7-5-6-15(11-18)20(25)22-17-8-9-17/h5-7,10-12,17H,8-9H2,1-4H3,(H,22,25)(H,23,26). The lowest BCUT2D eigenvalue weighted by Gasteiger charge is -2.16. The average Bonchev–Trinajstić information content (AvgIpc) is 3.47. The Kier molecular flexibility index (Phi) is 5.77. The van der Waals surface area contributed by atoms with Crippen LogP contribution in [0.5, 0.6) is 0 Å². The van der Waals surface area contributed by atoms with Crippen molar-refractivity contribution < 1.29 is 18.0 Å². The summed E-state index contributed by atoms with van der Waals surface area (Å²) in [6.45, 7) is 3.49. The van der Waals surface area contributed by atoms with Crippen molar-refractivity contribution in [2.75, 3.05) is 19.4 Å². The highest BCUT2D eigenvalue weighted by Crippen LogP contribution is 2.24. The van der Waals surface area contributed by atoms with E-state index in [-0.39, 0.29) is 22.4 Å². The van der Waals surface area contributed by atoms with Crippen LogP contribution in [0.3, 0.4) is 0 Å². The van der Waals surface area contributed by atoms with E-state index in [0.29, 0.717) is 22.4 Å². The number of nitrogens with one attached hydrogen (secondary N) is 2. The van der Waals surface area contributed by atoms with Gasteiger partial charge in [-0.2, -0.15) is 0 Å². The molecule has 0 spiro atoms. The van der Waals surface area contributed by atoms with Crippen molar-refractivity contribution in [3.05, 3.63) is 58.7 Å². The molecule has 0 aliphatic heterocycles. The van der Waals surface area contributed by atoms with Gasteiger partial charge in [-0.3, -0.25) is 9.59 Å². The number of sulfonamides is 1. The molecule has 7 nitrogen and oxygen atoms in total. The Morgan fingerprint density at radius 3 is 2.31 bits per heavy atom. The molecule has 0 unspecified atom stereocenters. The minimum absolute atomic E-state index is 0.102. The third kappa shape index (κ3) is 4.65. The lowest BCUT2D eigenvalue weighted by molar-refractivity contribution is 0.0949. The molecule has 2 N–H and O–H groups in total. The second-order valence-corrected chi connectivity index (χ2v) is 9.61. The quantitative estimate of drug-likeness (QED) is 0.758. The molecule has 1 saturated carbocycles. The van der Waals surface area contributed by atoms with Crippen LogP contribution in [-0.4, -0.2) is 44.7 Å². The predicted molar refractivity (Wildman–Crippen MR) is 112 cm³/mol. The molecule has 1 aliphatic carbocycles. The third-order valence-corrected chi connectivity index (χ3v) is 6.88. The fourth-order valence-corrected chi connectivity index (χ4v) is 4.08. The van der Waals surface area contributed by atoms with Gasteiger partial charge in [0, 0.05) is 37.0 Å². The number of rotatable bonds is 6. The van der Waals surface area contributed by atoms with E-state index in [1.807, 2.05) is 0 Å². The van der Waals surface area contributed by atoms with Gasteiger partial charge >= 0.3 is 0 Å². The van der Waals surface area contributed by atoms with Gasteiger partial charge in [-0.25, -0.2) is 12.7 Å². The Balaban J connectivity index is 1.86. The molecule has 8 heteroatoms. The zero-order chi connectivity index (χ0) is 21.3. The maximum absolute atomic E-state index is 12.8. The number of benzene rings is 2. The summed E-state index contributed by atoms with van der Waals surface area (Å²) in [5.74, 6) is -0.614. The first kappa shape index (κ1) is 21.0. The minimum atomic E-state index is -3.68. The van der Waals surface area contributed by atoms with Gasteiger partial charge in [0.2, 0.25) is 10.0 Å². The van der Waals surface area contributed by atoms with Crippen LogP contribution < -0.4 is 10.6 Å². The van der Waals surface area contributed by atoms with Crippen LogP contribution in [0.1, 0.15) is 44.7 Å². The second kappa shape index (κ2) is 7.96. The summed E-state index contributed by atoms with van der Waals surface area (Å²) in [7, 11) is -0.775. The Bertz CT molecular complexity index is 1070. The summed E-state index contributed by atoms with van der Waals surface area (Å²) in [5, 5.41) is 5.66. The minimum Gasteiger partial charge on any atom is -0.349 e. The van der Waals surface area contributed by atoms with Gasteiger partial charge in [0.25, 0.3) is 11.8 Å². The zero-order valence-corrected chi connectivity index (χ0v) is 17.8. The highest BCUT2D eigenvalue weighted by Gasteiger charge is 2.24. The van der Waals surface area contributed by atoms with Gasteiger partial charge < -0.3 is 10.6 Å². The molecule has 154 valence electrons. The van der Waals surface area contributed by atoms with Gasteiger partial charge in [0.05, 0.1) is 4.90 Å². The highest BCUT2D eigenvalue weighted by molar-refractivity contribution is 7.89. The van der Waals surface area contributed by atoms with Crippen molar-refractivity contribution in [2.45, 2.75) is 37.6 Å². The van der Waals surface area contributed by atoms with Crippen molar-refractivity contribution in [3.8, 4) is 0 Å². The van der Waals surface area contributed by atoms with E-state index < -0.39 is 15.9 Å². The molecule has 0 radical (unpaired) electrons. The maximum Gasteiger partial charge on any atom is 0.255 e. The van der Waals surface area contributed by atoms with Gasteiger partial charge in [-0.1, -0.05) is 6.07 Å². The van der Waals surface area contributed by atoms with Gasteiger partial charge in [0.15, 0.2) is 0 Å². The number of hydrogen-bond acceptors (Lipinski definition) is 4. The van der Waals surface area contributed by atoms with Gasteiger partial charge in [-0.15, -0.1) is 0 Å². The number of aryl methyl sites for hydroxylation is 1. The van der Waals surface area contributed by atoms with Crippen LogP contribution >= 0.6 is 0 Å². The maximum atomic E-state index is 12.8. The number of nitrogens with zero attached hydrogens (tertiary/aromatic N) is 1. The summed E-state index contributed by atoms with van der Waals surface area (Å²) < 4.78 is 26.3. The van der Waals surface area contributed by atoms with Crippen LogP contribution in [0.25, 0.3) is 0 Å². The zero-order valence-electron chi connectivity index (χ0n) is 16.9. The van der Waals surface area contributed by atoms with Crippen molar-refractivity contribution in [2.24, 2.45) is 0 Å². The average molecular weight is 416 g/mol. The molecule has 3 rings (SSSR count). The summed E-state index contributed by atoms with van der Waals surface area (Å²) >= 11 is 0. The first-order valence-corrected chi connectivity index (χ1v) is 10.8. The van der Waals surface area contributed by atoms with Crippen molar-refractivity contribution >= 4 is 27.5 Å². The van der Waals surface area contributed by atoms with Crippen LogP contribution in [-0.2, 0) is 10.0 Å². The van der Waals surface area contributed by atoms with Crippen molar-refractivity contribution in [1.82, 2.24) is 9.62 Å². The van der Waals surface area contributed by atoms with Crippen molar-refractivity contribution in [1.29, 1.82) is 0 Å². The molecular weight excluding hydrogens is 390 g/mol. The molecule has 0 saturated heterocycles. The third-order valence-electron chi connectivity index (χ3n) is 4.94. The molecule has 2 aromatic rings. The summed E-state index contributed by atoms with van der Waals surface area (Å²) in [5.41, 5.74) is 2.48. The summed E-state index contributed by atoms with van der Waals surface area (Å²) in [6, 6.07) is 9.96. The summed E-state index contributed by atoms with van der Waals surface area (Å²) in [6.07, 6.45) is 1.99. The monoisotopic (exact) mass is 415 g/mol. The molecular formula is C21H25N3O4S. The van der Waals surface area contributed by atoms with Crippen LogP contribution in [0, 0.1) is 13.8 Å². The Morgan fingerprint density at radius 2 is 1.69 bits per heavy atom. The Morgan fingerprint density at radius 1 is 1.00 bits per heavy atom. The van der Waals surface area contributed by atoms with E-state index in [1.54, 1.807) is 44.2 Å². The molecule has 0 bridgehead atoms. The first-order valence-electron chi connectivity index (χ1n) is 9.35. The van der Waals surface area contributed by atoms with Gasteiger partial charge in [-0.05, 0) is 68.1 Å². The van der Waals surface area contributed by atoms with Crippen LogP contribution in [0.2, 0.25) is 0 Å². The molecule has 0 heterocycles.